The standard InChI is InChI=1S/C10H6BrNO2.C7H6BrNO2.C3H8O3.CH4/c11-8-5-7(10(13)14)4-6-2-1-3-12-9(6)8;8-5-3-4(7(10)11)1-2-6(5)9;4-1-3(6)2-5;/h1-5H,(H,13,14);1-3H,9H2,(H,10,11);3-6H,1-2H2;1H4. The summed E-state index contributed by atoms with van der Waals surface area (Å²) in [6.07, 6.45) is 0.720. The number of rotatable bonds is 4. The van der Waals surface area contributed by atoms with Gasteiger partial charge in [-0.05, 0) is 68.3 Å². The molecule has 32 heavy (non-hydrogen) atoms. The highest BCUT2D eigenvalue weighted by atomic mass is 79.9. The number of carboxylic acid groups (broad SMARTS) is 2. The van der Waals surface area contributed by atoms with Crippen LogP contribution in [0, 0.1) is 0 Å². The number of carboxylic acids is 2. The lowest BCUT2D eigenvalue weighted by Crippen LogP contribution is -2.15. The highest BCUT2D eigenvalue weighted by Gasteiger charge is 2.07. The average Bonchev–Trinajstić information content (AvgIpc) is 2.75. The minimum absolute atomic E-state index is 0. The topological polar surface area (TPSA) is 174 Å². The van der Waals surface area contributed by atoms with Gasteiger partial charge in [-0.3, -0.25) is 4.98 Å². The normalized spacial score (nSPS) is 9.69. The molecule has 0 saturated heterocycles. The summed E-state index contributed by atoms with van der Waals surface area (Å²) in [4.78, 5) is 25.3. The fourth-order valence-corrected chi connectivity index (χ4v) is 2.95. The minimum atomic E-state index is -0.954. The second kappa shape index (κ2) is 14.5. The maximum absolute atomic E-state index is 10.8. The number of aromatic carboxylic acids is 2. The molecular weight excluding hydrogens is 552 g/mol. The lowest BCUT2D eigenvalue weighted by Gasteiger charge is -2.01. The van der Waals surface area contributed by atoms with Crippen LogP contribution in [0.1, 0.15) is 28.1 Å². The van der Waals surface area contributed by atoms with Crippen molar-refractivity contribution in [3.8, 4) is 0 Å². The van der Waals surface area contributed by atoms with E-state index >= 15 is 0 Å². The van der Waals surface area contributed by atoms with Crippen LogP contribution in [0.3, 0.4) is 0 Å². The molecule has 2 aromatic carbocycles. The number of anilines is 1. The van der Waals surface area contributed by atoms with Crippen LogP contribution in [-0.4, -0.2) is 61.8 Å². The summed E-state index contributed by atoms with van der Waals surface area (Å²) in [5.74, 6) is -1.89. The van der Waals surface area contributed by atoms with Crippen molar-refractivity contribution in [3.63, 3.8) is 0 Å². The number of fused-ring (bicyclic) bond motifs is 1. The Kier molecular flexibility index (Phi) is 13.3. The third kappa shape index (κ3) is 9.28. The molecule has 7 N–H and O–H groups in total. The van der Waals surface area contributed by atoms with Crippen molar-refractivity contribution in [2.75, 3.05) is 18.9 Å². The number of aliphatic hydroxyl groups excluding tert-OH is 3. The highest BCUT2D eigenvalue weighted by Crippen LogP contribution is 2.23. The number of hydrogen-bond acceptors (Lipinski definition) is 7. The van der Waals surface area contributed by atoms with Crippen molar-refractivity contribution in [1.82, 2.24) is 4.98 Å². The number of pyridine rings is 1. The van der Waals surface area contributed by atoms with Crippen molar-refractivity contribution in [2.24, 2.45) is 0 Å². The summed E-state index contributed by atoms with van der Waals surface area (Å²) in [7, 11) is 0. The average molecular weight is 576 g/mol. The van der Waals surface area contributed by atoms with Gasteiger partial charge in [0.1, 0.15) is 6.10 Å². The quantitative estimate of drug-likeness (QED) is 0.255. The third-order valence-electron chi connectivity index (χ3n) is 3.57. The zero-order chi connectivity index (χ0) is 23.6. The van der Waals surface area contributed by atoms with Crippen LogP contribution in [0.2, 0.25) is 0 Å². The fraction of sp³-hybridized carbons (Fsp3) is 0.190. The molecule has 3 rings (SSSR count). The van der Waals surface area contributed by atoms with Crippen LogP contribution in [0.25, 0.3) is 10.9 Å². The Morgan fingerprint density at radius 1 is 0.938 bits per heavy atom. The smallest absolute Gasteiger partial charge is 0.335 e. The number of nitrogens with two attached hydrogens (primary N) is 1. The molecule has 0 spiro atoms. The Morgan fingerprint density at radius 2 is 1.50 bits per heavy atom. The van der Waals surface area contributed by atoms with Gasteiger partial charge in [0.25, 0.3) is 0 Å². The van der Waals surface area contributed by atoms with Crippen LogP contribution in [0.15, 0.2) is 57.6 Å². The number of nitrogen functional groups attached to an aromatic ring is 1. The fourth-order valence-electron chi connectivity index (χ4n) is 1.99. The number of aliphatic hydroxyl groups is 3. The van der Waals surface area contributed by atoms with Crippen molar-refractivity contribution < 1.29 is 35.1 Å². The van der Waals surface area contributed by atoms with Crippen molar-refractivity contribution in [1.29, 1.82) is 0 Å². The van der Waals surface area contributed by atoms with E-state index in [-0.39, 0.29) is 31.8 Å². The first kappa shape index (κ1) is 29.4. The van der Waals surface area contributed by atoms with Crippen LogP contribution in [0.4, 0.5) is 5.69 Å². The van der Waals surface area contributed by atoms with Gasteiger partial charge < -0.3 is 31.3 Å². The van der Waals surface area contributed by atoms with Gasteiger partial charge in [0.15, 0.2) is 0 Å². The van der Waals surface area contributed by atoms with E-state index in [1.54, 1.807) is 30.5 Å². The molecule has 3 aromatic rings. The molecule has 0 bridgehead atoms. The van der Waals surface area contributed by atoms with E-state index in [0.29, 0.717) is 14.6 Å². The number of nitrogens with zero attached hydrogens (tertiary/aromatic N) is 1. The molecule has 1 heterocycles. The van der Waals surface area contributed by atoms with Crippen LogP contribution in [-0.2, 0) is 0 Å². The van der Waals surface area contributed by atoms with Crippen LogP contribution < -0.4 is 5.73 Å². The van der Waals surface area contributed by atoms with Crippen molar-refractivity contribution in [3.05, 3.63) is 68.7 Å². The highest BCUT2D eigenvalue weighted by molar-refractivity contribution is 9.11. The number of halogens is 2. The first-order valence-corrected chi connectivity index (χ1v) is 10.1. The van der Waals surface area contributed by atoms with Gasteiger partial charge in [0.05, 0.1) is 29.9 Å². The zero-order valence-electron chi connectivity index (χ0n) is 15.9. The third-order valence-corrected chi connectivity index (χ3v) is 4.87. The van der Waals surface area contributed by atoms with Gasteiger partial charge in [-0.15, -0.1) is 0 Å². The number of benzene rings is 2. The van der Waals surface area contributed by atoms with Gasteiger partial charge in [0.2, 0.25) is 0 Å². The van der Waals surface area contributed by atoms with E-state index in [4.69, 9.17) is 31.3 Å². The van der Waals surface area contributed by atoms with Gasteiger partial charge in [-0.25, -0.2) is 9.59 Å². The first-order valence-electron chi connectivity index (χ1n) is 8.56. The lowest BCUT2D eigenvalue weighted by molar-refractivity contribution is 0.0450. The van der Waals surface area contributed by atoms with E-state index in [1.165, 1.54) is 12.1 Å². The summed E-state index contributed by atoms with van der Waals surface area (Å²) in [5, 5.41) is 42.2. The Labute approximate surface area is 201 Å². The van der Waals surface area contributed by atoms with Crippen molar-refractivity contribution >= 4 is 60.4 Å². The molecule has 0 atom stereocenters. The van der Waals surface area contributed by atoms with E-state index in [9.17, 15) is 9.59 Å². The Hall–Kier alpha value is -2.57. The largest absolute Gasteiger partial charge is 0.478 e. The molecule has 0 radical (unpaired) electrons. The van der Waals surface area contributed by atoms with E-state index in [1.807, 2.05) is 6.07 Å². The SMILES string of the molecule is C.Nc1ccc(C(=O)O)cc1Br.O=C(O)c1cc(Br)c2ncccc2c1.OCC(O)CO. The van der Waals surface area contributed by atoms with Gasteiger partial charge in [-0.2, -0.15) is 0 Å². The summed E-state index contributed by atoms with van der Waals surface area (Å²) in [5.41, 5.74) is 7.25. The predicted octanol–water partition coefficient (Wildman–Crippen LogP) is 3.39. The molecular formula is C21H24Br2N2O7. The molecule has 0 saturated carbocycles. The molecule has 174 valence electrons. The number of hydrogen-bond donors (Lipinski definition) is 6. The number of carbonyl (C=O) groups is 2. The van der Waals surface area contributed by atoms with Crippen LogP contribution in [0.5, 0.6) is 0 Å². The second-order valence-electron chi connectivity index (χ2n) is 5.90. The summed E-state index contributed by atoms with van der Waals surface area (Å²) < 4.78 is 1.31. The molecule has 1 aromatic heterocycles. The molecule has 0 aliphatic carbocycles. The summed E-state index contributed by atoms with van der Waals surface area (Å²) in [6, 6.07) is 11.3. The molecule has 0 aliphatic heterocycles. The zero-order valence-corrected chi connectivity index (χ0v) is 19.1. The van der Waals surface area contributed by atoms with E-state index < -0.39 is 18.0 Å². The number of aromatic nitrogens is 1. The monoisotopic (exact) mass is 574 g/mol. The summed E-state index contributed by atoms with van der Waals surface area (Å²) in [6.45, 7) is -0.729. The summed E-state index contributed by atoms with van der Waals surface area (Å²) >= 11 is 6.42. The Bertz CT molecular complexity index is 1040. The van der Waals surface area contributed by atoms with E-state index in [0.717, 1.165) is 10.9 Å². The Morgan fingerprint density at radius 3 is 1.97 bits per heavy atom. The van der Waals surface area contributed by atoms with Crippen LogP contribution >= 0.6 is 31.9 Å². The maximum atomic E-state index is 10.8. The first-order chi connectivity index (χ1) is 14.6. The molecule has 9 nitrogen and oxygen atoms in total. The molecule has 0 fully saturated rings. The maximum Gasteiger partial charge on any atom is 0.335 e. The van der Waals surface area contributed by atoms with Gasteiger partial charge >= 0.3 is 11.9 Å². The molecule has 11 heteroatoms. The van der Waals surface area contributed by atoms with E-state index in [2.05, 4.69) is 36.8 Å². The minimum Gasteiger partial charge on any atom is -0.478 e. The molecule has 0 amide bonds. The lowest BCUT2D eigenvalue weighted by atomic mass is 10.1. The second-order valence-corrected chi connectivity index (χ2v) is 7.61. The molecule has 0 aliphatic rings. The van der Waals surface area contributed by atoms with Gasteiger partial charge in [0, 0.05) is 26.2 Å². The van der Waals surface area contributed by atoms with Crippen molar-refractivity contribution in [2.45, 2.75) is 13.5 Å². The molecule has 0 unspecified atom stereocenters. The Balaban J connectivity index is 0.000000480. The van der Waals surface area contributed by atoms with Gasteiger partial charge in [-0.1, -0.05) is 13.5 Å². The predicted molar refractivity (Wildman–Crippen MR) is 129 cm³/mol.